The summed E-state index contributed by atoms with van der Waals surface area (Å²) >= 11 is 0. The number of rotatable bonds is 1. The summed E-state index contributed by atoms with van der Waals surface area (Å²) < 4.78 is 0. The molecule has 86 valence electrons. The van der Waals surface area contributed by atoms with Gasteiger partial charge in [0, 0.05) is 12.1 Å². The molecule has 0 amide bonds. The lowest BCUT2D eigenvalue weighted by atomic mass is 9.90. The minimum absolute atomic E-state index is 0.939. The molecule has 1 aliphatic carbocycles. The van der Waals surface area contributed by atoms with Gasteiger partial charge in [0.1, 0.15) is 0 Å². The SMILES string of the molecule is C1CCC(N2CCC3CNCCC32)CC1. The minimum Gasteiger partial charge on any atom is -0.316 e. The quantitative estimate of drug-likeness (QED) is 0.709. The molecule has 3 fully saturated rings. The molecule has 0 bridgehead atoms. The average molecular weight is 208 g/mol. The molecular weight excluding hydrogens is 184 g/mol. The summed E-state index contributed by atoms with van der Waals surface area (Å²) in [6.07, 6.45) is 10.3. The Kier molecular flexibility index (Phi) is 2.98. The van der Waals surface area contributed by atoms with E-state index >= 15 is 0 Å². The van der Waals surface area contributed by atoms with Gasteiger partial charge in [0.2, 0.25) is 0 Å². The maximum atomic E-state index is 3.55. The molecule has 2 aliphatic heterocycles. The zero-order valence-corrected chi connectivity index (χ0v) is 9.75. The molecule has 1 N–H and O–H groups in total. The minimum atomic E-state index is 0.939. The zero-order chi connectivity index (χ0) is 10.1. The van der Waals surface area contributed by atoms with Gasteiger partial charge < -0.3 is 5.32 Å². The highest BCUT2D eigenvalue weighted by Gasteiger charge is 2.38. The zero-order valence-electron chi connectivity index (χ0n) is 9.75. The van der Waals surface area contributed by atoms with Gasteiger partial charge in [-0.1, -0.05) is 19.3 Å². The van der Waals surface area contributed by atoms with E-state index in [0.717, 1.165) is 18.0 Å². The van der Waals surface area contributed by atoms with Crippen molar-refractivity contribution in [2.45, 2.75) is 57.0 Å². The van der Waals surface area contributed by atoms with Crippen molar-refractivity contribution in [2.24, 2.45) is 5.92 Å². The summed E-state index contributed by atoms with van der Waals surface area (Å²) in [5.74, 6) is 0.973. The Morgan fingerprint density at radius 1 is 0.933 bits per heavy atom. The number of likely N-dealkylation sites (tertiary alicyclic amines) is 1. The number of fused-ring (bicyclic) bond motifs is 1. The van der Waals surface area contributed by atoms with Crippen LogP contribution in [0.1, 0.15) is 44.9 Å². The molecule has 0 radical (unpaired) electrons. The first kappa shape index (κ1) is 10.1. The summed E-state index contributed by atoms with van der Waals surface area (Å²) in [7, 11) is 0. The standard InChI is InChI=1S/C13H24N2/c1-2-4-12(5-3-1)15-9-7-11-10-14-8-6-13(11)15/h11-14H,1-10H2. The topological polar surface area (TPSA) is 15.3 Å². The third-order valence-corrected chi connectivity index (χ3v) is 4.80. The van der Waals surface area contributed by atoms with Gasteiger partial charge in [0.25, 0.3) is 0 Å². The number of hydrogen-bond donors (Lipinski definition) is 1. The lowest BCUT2D eigenvalue weighted by Crippen LogP contribution is -2.47. The number of hydrogen-bond acceptors (Lipinski definition) is 2. The van der Waals surface area contributed by atoms with E-state index in [1.54, 1.807) is 0 Å². The number of nitrogens with one attached hydrogen (secondary N) is 1. The molecule has 0 aromatic carbocycles. The largest absolute Gasteiger partial charge is 0.316 e. The molecule has 2 nitrogen and oxygen atoms in total. The van der Waals surface area contributed by atoms with Gasteiger partial charge >= 0.3 is 0 Å². The van der Waals surface area contributed by atoms with Gasteiger partial charge in [-0.25, -0.2) is 0 Å². The van der Waals surface area contributed by atoms with Crippen molar-refractivity contribution in [1.82, 2.24) is 10.2 Å². The summed E-state index contributed by atoms with van der Waals surface area (Å²) in [4.78, 5) is 2.88. The predicted octanol–water partition coefficient (Wildman–Crippen LogP) is 2.00. The second kappa shape index (κ2) is 4.42. The van der Waals surface area contributed by atoms with E-state index in [4.69, 9.17) is 0 Å². The molecule has 1 saturated carbocycles. The summed E-state index contributed by atoms with van der Waals surface area (Å²) in [5.41, 5.74) is 0. The Morgan fingerprint density at radius 2 is 1.80 bits per heavy atom. The summed E-state index contributed by atoms with van der Waals surface area (Å²) in [5, 5.41) is 3.55. The molecule has 2 heterocycles. The van der Waals surface area contributed by atoms with Crippen LogP contribution in [0.25, 0.3) is 0 Å². The van der Waals surface area contributed by atoms with Gasteiger partial charge in [-0.2, -0.15) is 0 Å². The van der Waals surface area contributed by atoms with Crippen molar-refractivity contribution < 1.29 is 0 Å². The molecule has 2 saturated heterocycles. The third-order valence-electron chi connectivity index (χ3n) is 4.80. The highest BCUT2D eigenvalue weighted by Crippen LogP contribution is 2.34. The second-order valence-corrected chi connectivity index (χ2v) is 5.64. The van der Waals surface area contributed by atoms with Crippen LogP contribution >= 0.6 is 0 Å². The van der Waals surface area contributed by atoms with Crippen LogP contribution < -0.4 is 5.32 Å². The van der Waals surface area contributed by atoms with Crippen LogP contribution in [0.2, 0.25) is 0 Å². The Bertz CT molecular complexity index is 211. The van der Waals surface area contributed by atoms with Gasteiger partial charge in [-0.3, -0.25) is 4.90 Å². The smallest absolute Gasteiger partial charge is 0.0151 e. The van der Waals surface area contributed by atoms with Crippen LogP contribution in [0.15, 0.2) is 0 Å². The van der Waals surface area contributed by atoms with Crippen molar-refractivity contribution in [3.63, 3.8) is 0 Å². The highest BCUT2D eigenvalue weighted by molar-refractivity contribution is 4.94. The van der Waals surface area contributed by atoms with Crippen molar-refractivity contribution >= 4 is 0 Å². The maximum Gasteiger partial charge on any atom is 0.0151 e. The average Bonchev–Trinajstić information content (AvgIpc) is 2.74. The van der Waals surface area contributed by atoms with Crippen LogP contribution in [0.4, 0.5) is 0 Å². The van der Waals surface area contributed by atoms with Gasteiger partial charge in [-0.05, 0) is 51.2 Å². The third kappa shape index (κ3) is 1.94. The van der Waals surface area contributed by atoms with E-state index in [9.17, 15) is 0 Å². The van der Waals surface area contributed by atoms with Crippen molar-refractivity contribution in [3.8, 4) is 0 Å². The van der Waals surface area contributed by atoms with Crippen molar-refractivity contribution in [1.29, 1.82) is 0 Å². The van der Waals surface area contributed by atoms with E-state index < -0.39 is 0 Å². The molecule has 2 atom stereocenters. The van der Waals surface area contributed by atoms with Crippen molar-refractivity contribution in [2.75, 3.05) is 19.6 Å². The van der Waals surface area contributed by atoms with Crippen LogP contribution in [0, 0.1) is 5.92 Å². The first-order chi connectivity index (χ1) is 7.45. The Hall–Kier alpha value is -0.0800. The number of nitrogens with zero attached hydrogens (tertiary/aromatic N) is 1. The molecule has 0 aromatic rings. The maximum absolute atomic E-state index is 3.55. The van der Waals surface area contributed by atoms with Crippen LogP contribution in [-0.4, -0.2) is 36.6 Å². The van der Waals surface area contributed by atoms with Crippen LogP contribution in [0.5, 0.6) is 0 Å². The fraction of sp³-hybridized carbons (Fsp3) is 1.00. The lowest BCUT2D eigenvalue weighted by molar-refractivity contribution is 0.111. The molecule has 15 heavy (non-hydrogen) atoms. The van der Waals surface area contributed by atoms with Crippen LogP contribution in [0.3, 0.4) is 0 Å². The van der Waals surface area contributed by atoms with E-state index in [2.05, 4.69) is 10.2 Å². The predicted molar refractivity (Wildman–Crippen MR) is 63.0 cm³/mol. The van der Waals surface area contributed by atoms with Gasteiger partial charge in [-0.15, -0.1) is 0 Å². The molecule has 2 unspecified atom stereocenters. The van der Waals surface area contributed by atoms with E-state index in [0.29, 0.717) is 0 Å². The molecular formula is C13H24N2. The molecule has 0 aromatic heterocycles. The summed E-state index contributed by atoms with van der Waals surface area (Å²) in [6, 6.07) is 1.89. The Labute approximate surface area is 93.4 Å². The Morgan fingerprint density at radius 3 is 2.67 bits per heavy atom. The van der Waals surface area contributed by atoms with E-state index in [1.165, 1.54) is 64.6 Å². The fourth-order valence-corrected chi connectivity index (χ4v) is 3.99. The summed E-state index contributed by atoms with van der Waals surface area (Å²) in [6.45, 7) is 3.93. The number of piperidine rings is 1. The first-order valence-corrected chi connectivity index (χ1v) is 6.91. The molecule has 3 aliphatic rings. The lowest BCUT2D eigenvalue weighted by Gasteiger charge is -2.39. The van der Waals surface area contributed by atoms with E-state index in [1.807, 2.05) is 0 Å². The van der Waals surface area contributed by atoms with Crippen LogP contribution in [-0.2, 0) is 0 Å². The van der Waals surface area contributed by atoms with E-state index in [-0.39, 0.29) is 0 Å². The monoisotopic (exact) mass is 208 g/mol. The van der Waals surface area contributed by atoms with Gasteiger partial charge in [0.15, 0.2) is 0 Å². The molecule has 0 spiro atoms. The fourth-order valence-electron chi connectivity index (χ4n) is 3.99. The second-order valence-electron chi connectivity index (χ2n) is 5.64. The van der Waals surface area contributed by atoms with Crippen molar-refractivity contribution in [3.05, 3.63) is 0 Å². The Balaban J connectivity index is 1.65. The van der Waals surface area contributed by atoms with Gasteiger partial charge in [0.05, 0.1) is 0 Å². The highest BCUT2D eigenvalue weighted by atomic mass is 15.2. The molecule has 3 rings (SSSR count). The molecule has 2 heteroatoms. The normalized spacial score (nSPS) is 39.2. The first-order valence-electron chi connectivity index (χ1n) is 6.91.